The second-order valence-electron chi connectivity index (χ2n) is 5.69. The lowest BCUT2D eigenvalue weighted by atomic mass is 10.0. The van der Waals surface area contributed by atoms with Gasteiger partial charge >= 0.3 is 6.18 Å². The summed E-state index contributed by atoms with van der Waals surface area (Å²) in [7, 11) is 0. The smallest absolute Gasteiger partial charge is 0.379 e. The number of aromatic nitrogens is 4. The van der Waals surface area contributed by atoms with Crippen molar-refractivity contribution in [3.05, 3.63) is 34.6 Å². The van der Waals surface area contributed by atoms with E-state index in [9.17, 15) is 13.2 Å². The van der Waals surface area contributed by atoms with Gasteiger partial charge in [0.25, 0.3) is 0 Å². The monoisotopic (exact) mass is 388 g/mol. The molecular weight excluding hydrogens is 373 g/mol. The van der Waals surface area contributed by atoms with Gasteiger partial charge in [0.05, 0.1) is 42.6 Å². The second-order valence-corrected chi connectivity index (χ2v) is 5.69. The predicted octanol–water partition coefficient (Wildman–Crippen LogP) is 2.12. The van der Waals surface area contributed by atoms with Crippen molar-refractivity contribution in [1.82, 2.24) is 25.1 Å². The number of morpholine rings is 1. The van der Waals surface area contributed by atoms with Crippen LogP contribution in [0.2, 0.25) is 0 Å². The summed E-state index contributed by atoms with van der Waals surface area (Å²) in [5.74, 6) is 0.433. The molecule has 140 valence electrons. The zero-order valence-corrected chi connectivity index (χ0v) is 14.6. The largest absolute Gasteiger partial charge is 0.417 e. The van der Waals surface area contributed by atoms with E-state index in [4.69, 9.17) is 10.00 Å². The molecule has 26 heavy (non-hydrogen) atoms. The highest BCUT2D eigenvalue weighted by Gasteiger charge is 2.35. The van der Waals surface area contributed by atoms with Crippen molar-refractivity contribution in [3.63, 3.8) is 0 Å². The van der Waals surface area contributed by atoms with Crippen LogP contribution in [0.4, 0.5) is 13.2 Å². The van der Waals surface area contributed by atoms with Gasteiger partial charge in [-0.15, -0.1) is 17.5 Å². The third-order valence-electron chi connectivity index (χ3n) is 3.99. The van der Waals surface area contributed by atoms with Crippen LogP contribution < -0.4 is 0 Å². The molecule has 0 amide bonds. The van der Waals surface area contributed by atoms with E-state index >= 15 is 0 Å². The molecule has 0 spiro atoms. The molecule has 1 fully saturated rings. The fourth-order valence-corrected chi connectivity index (χ4v) is 2.70. The second kappa shape index (κ2) is 7.99. The molecule has 0 bridgehead atoms. The summed E-state index contributed by atoms with van der Waals surface area (Å²) in [6.07, 6.45) is -4.63. The van der Waals surface area contributed by atoms with Gasteiger partial charge < -0.3 is 4.74 Å². The molecule has 0 N–H and O–H groups in total. The highest BCUT2D eigenvalue weighted by molar-refractivity contribution is 5.85. The number of hydrogen-bond acceptors (Lipinski definition) is 6. The van der Waals surface area contributed by atoms with Crippen LogP contribution in [0.5, 0.6) is 0 Å². The number of tetrazole rings is 1. The van der Waals surface area contributed by atoms with Crippen LogP contribution in [0, 0.1) is 18.3 Å². The zero-order valence-electron chi connectivity index (χ0n) is 13.8. The lowest BCUT2D eigenvalue weighted by Crippen LogP contribution is -2.36. The molecule has 0 radical (unpaired) electrons. The average molecular weight is 389 g/mol. The fraction of sp³-hybridized carbons (Fsp3) is 0.467. The van der Waals surface area contributed by atoms with Crippen molar-refractivity contribution in [1.29, 1.82) is 5.26 Å². The van der Waals surface area contributed by atoms with E-state index in [2.05, 4.69) is 20.4 Å². The molecule has 1 aliphatic rings. The number of hydrogen-bond donors (Lipinski definition) is 0. The maximum atomic E-state index is 13.2. The molecule has 1 aromatic carbocycles. The van der Waals surface area contributed by atoms with Gasteiger partial charge in [-0.05, 0) is 35.0 Å². The SMILES string of the molecule is Cc1cc(C#N)c(C(F)(F)F)cc1-n1nnnc1CN1CCOCC1.Cl. The molecule has 1 aromatic heterocycles. The number of benzene rings is 1. The van der Waals surface area contributed by atoms with Gasteiger partial charge in [0.15, 0.2) is 5.82 Å². The van der Waals surface area contributed by atoms with Crippen LogP contribution in [-0.2, 0) is 17.5 Å². The number of aryl methyl sites for hydroxylation is 1. The summed E-state index contributed by atoms with van der Waals surface area (Å²) in [5, 5.41) is 20.4. The average Bonchev–Trinajstić information content (AvgIpc) is 3.02. The van der Waals surface area contributed by atoms with E-state index in [1.165, 1.54) is 10.7 Å². The van der Waals surface area contributed by atoms with E-state index < -0.39 is 17.3 Å². The summed E-state index contributed by atoms with van der Waals surface area (Å²) in [5.41, 5.74) is -0.723. The Morgan fingerprint density at radius 2 is 1.96 bits per heavy atom. The van der Waals surface area contributed by atoms with Gasteiger partial charge in [0.1, 0.15) is 0 Å². The molecule has 0 saturated carbocycles. The van der Waals surface area contributed by atoms with Gasteiger partial charge in [-0.25, -0.2) is 0 Å². The minimum Gasteiger partial charge on any atom is -0.379 e. The highest BCUT2D eigenvalue weighted by atomic mass is 35.5. The van der Waals surface area contributed by atoms with Crippen molar-refractivity contribution in [2.45, 2.75) is 19.6 Å². The Balaban J connectivity index is 0.00000243. The van der Waals surface area contributed by atoms with Crippen LogP contribution in [0.1, 0.15) is 22.5 Å². The maximum Gasteiger partial charge on any atom is 0.417 e. The number of alkyl halides is 3. The zero-order chi connectivity index (χ0) is 18.0. The third-order valence-corrected chi connectivity index (χ3v) is 3.99. The van der Waals surface area contributed by atoms with E-state index in [0.29, 0.717) is 44.2 Å². The van der Waals surface area contributed by atoms with Crippen LogP contribution in [0.25, 0.3) is 5.69 Å². The highest BCUT2D eigenvalue weighted by Crippen LogP contribution is 2.34. The van der Waals surface area contributed by atoms with E-state index in [0.717, 1.165) is 6.07 Å². The molecule has 2 heterocycles. The first-order valence-electron chi connectivity index (χ1n) is 7.60. The van der Waals surface area contributed by atoms with Crippen molar-refractivity contribution < 1.29 is 17.9 Å². The first kappa shape index (κ1) is 20.1. The molecule has 0 aliphatic carbocycles. The topological polar surface area (TPSA) is 79.9 Å². The summed E-state index contributed by atoms with van der Waals surface area (Å²) < 4.78 is 46.3. The predicted molar refractivity (Wildman–Crippen MR) is 87.0 cm³/mol. The Hall–Kier alpha value is -2.22. The van der Waals surface area contributed by atoms with E-state index in [1.807, 2.05) is 0 Å². The number of halogens is 4. The summed E-state index contributed by atoms with van der Waals surface area (Å²) in [6.45, 7) is 4.61. The van der Waals surface area contributed by atoms with Crippen LogP contribution in [0.15, 0.2) is 12.1 Å². The number of nitrogens with zero attached hydrogens (tertiary/aromatic N) is 6. The minimum atomic E-state index is -4.63. The molecule has 1 aliphatic heterocycles. The van der Waals surface area contributed by atoms with Crippen molar-refractivity contribution in [2.24, 2.45) is 0 Å². The van der Waals surface area contributed by atoms with Gasteiger partial charge in [0.2, 0.25) is 0 Å². The summed E-state index contributed by atoms with van der Waals surface area (Å²) in [6, 6.07) is 3.72. The van der Waals surface area contributed by atoms with Crippen molar-refractivity contribution >= 4 is 12.4 Å². The van der Waals surface area contributed by atoms with Crippen LogP contribution >= 0.6 is 12.4 Å². The van der Waals surface area contributed by atoms with Gasteiger partial charge in [0, 0.05) is 13.1 Å². The van der Waals surface area contributed by atoms with E-state index in [1.54, 1.807) is 13.0 Å². The molecule has 0 atom stereocenters. The number of rotatable bonds is 3. The van der Waals surface area contributed by atoms with Gasteiger partial charge in [-0.1, -0.05) is 0 Å². The van der Waals surface area contributed by atoms with Crippen molar-refractivity contribution in [2.75, 3.05) is 26.3 Å². The van der Waals surface area contributed by atoms with Crippen LogP contribution in [-0.4, -0.2) is 51.4 Å². The Kier molecular flexibility index (Phi) is 6.17. The molecule has 1 saturated heterocycles. The Morgan fingerprint density at radius 3 is 2.58 bits per heavy atom. The quantitative estimate of drug-likeness (QED) is 0.801. The van der Waals surface area contributed by atoms with Gasteiger partial charge in [-0.3, -0.25) is 4.90 Å². The molecule has 7 nitrogen and oxygen atoms in total. The molecular formula is C15H16ClF3N6O. The third kappa shape index (κ3) is 4.12. The Labute approximate surface area is 153 Å². The fourth-order valence-electron chi connectivity index (χ4n) is 2.70. The summed E-state index contributed by atoms with van der Waals surface area (Å²) >= 11 is 0. The molecule has 11 heteroatoms. The first-order chi connectivity index (χ1) is 11.9. The van der Waals surface area contributed by atoms with E-state index in [-0.39, 0.29) is 18.1 Å². The minimum absolute atomic E-state index is 0. The Morgan fingerprint density at radius 1 is 1.27 bits per heavy atom. The number of nitriles is 1. The lowest BCUT2D eigenvalue weighted by molar-refractivity contribution is -0.137. The lowest BCUT2D eigenvalue weighted by Gasteiger charge is -2.25. The molecule has 0 unspecified atom stereocenters. The molecule has 3 rings (SSSR count). The Bertz CT molecular complexity index is 811. The standard InChI is InChI=1S/C15H15F3N6O.ClH/c1-10-6-11(8-19)12(15(16,17)18)7-13(10)24-14(20-21-22-24)9-23-2-4-25-5-3-23;/h6-7H,2-5,9H2,1H3;1H. The summed E-state index contributed by atoms with van der Waals surface area (Å²) in [4.78, 5) is 2.06. The van der Waals surface area contributed by atoms with Gasteiger partial charge in [-0.2, -0.15) is 23.1 Å². The number of ether oxygens (including phenoxy) is 1. The maximum absolute atomic E-state index is 13.2. The van der Waals surface area contributed by atoms with Crippen molar-refractivity contribution in [3.8, 4) is 11.8 Å². The first-order valence-corrected chi connectivity index (χ1v) is 7.60. The normalized spacial score (nSPS) is 15.3. The van der Waals surface area contributed by atoms with Crippen LogP contribution in [0.3, 0.4) is 0 Å². The molecule has 2 aromatic rings.